The average Bonchev–Trinajstić information content (AvgIpc) is 2.88. The van der Waals surface area contributed by atoms with Crippen LogP contribution in [0.1, 0.15) is 24.1 Å². The minimum Gasteiger partial charge on any atom is -0.348 e. The maximum atomic E-state index is 4.00. The number of rotatable bonds is 6. The highest BCUT2D eigenvalue weighted by Crippen LogP contribution is 2.12. The molecule has 17 heavy (non-hydrogen) atoms. The molecule has 3 nitrogen and oxygen atoms in total. The molecule has 2 rings (SSSR count). The minimum atomic E-state index is 0.554. The monoisotopic (exact) mass is 229 g/mol. The van der Waals surface area contributed by atoms with Gasteiger partial charge in [-0.25, -0.2) is 4.98 Å². The lowest BCUT2D eigenvalue weighted by Gasteiger charge is -2.12. The highest BCUT2D eigenvalue weighted by molar-refractivity contribution is 5.18. The fraction of sp³-hybridized carbons (Fsp3) is 0.357. The lowest BCUT2D eigenvalue weighted by molar-refractivity contribution is 0.612. The highest BCUT2D eigenvalue weighted by atomic mass is 14.9. The first-order valence-corrected chi connectivity index (χ1v) is 6.09. The van der Waals surface area contributed by atoms with Crippen LogP contribution in [0, 0.1) is 0 Å². The van der Waals surface area contributed by atoms with E-state index in [-0.39, 0.29) is 0 Å². The maximum absolute atomic E-state index is 4.00. The highest BCUT2D eigenvalue weighted by Gasteiger charge is 2.03. The van der Waals surface area contributed by atoms with Gasteiger partial charge in [0.05, 0.1) is 6.33 Å². The summed E-state index contributed by atoms with van der Waals surface area (Å²) in [6, 6.07) is 10.6. The van der Waals surface area contributed by atoms with Crippen molar-refractivity contribution in [2.45, 2.75) is 19.3 Å². The molecular weight excluding hydrogens is 210 g/mol. The van der Waals surface area contributed by atoms with Gasteiger partial charge >= 0.3 is 0 Å². The number of aromatic amines is 1. The Balaban J connectivity index is 1.68. The van der Waals surface area contributed by atoms with Gasteiger partial charge in [0.2, 0.25) is 0 Å². The van der Waals surface area contributed by atoms with E-state index in [0.29, 0.717) is 5.92 Å². The Morgan fingerprint density at radius 1 is 1.29 bits per heavy atom. The topological polar surface area (TPSA) is 40.7 Å². The van der Waals surface area contributed by atoms with Crippen LogP contribution in [-0.2, 0) is 6.42 Å². The number of aromatic nitrogens is 2. The molecule has 1 heterocycles. The van der Waals surface area contributed by atoms with E-state index in [1.807, 2.05) is 6.20 Å². The number of nitrogens with zero attached hydrogens (tertiary/aromatic N) is 1. The molecule has 0 amide bonds. The summed E-state index contributed by atoms with van der Waals surface area (Å²) in [5.41, 5.74) is 2.58. The Morgan fingerprint density at radius 2 is 2.12 bits per heavy atom. The SMILES string of the molecule is CC(CNCCc1cnc[nH]1)c1ccccc1. The lowest BCUT2D eigenvalue weighted by Crippen LogP contribution is -2.22. The van der Waals surface area contributed by atoms with E-state index in [1.54, 1.807) is 6.33 Å². The van der Waals surface area contributed by atoms with Crippen molar-refractivity contribution < 1.29 is 0 Å². The maximum Gasteiger partial charge on any atom is 0.0921 e. The quantitative estimate of drug-likeness (QED) is 0.746. The van der Waals surface area contributed by atoms with E-state index in [2.05, 4.69) is 52.5 Å². The van der Waals surface area contributed by atoms with Crippen molar-refractivity contribution in [3.8, 4) is 0 Å². The van der Waals surface area contributed by atoms with Crippen molar-refractivity contribution in [3.05, 3.63) is 54.1 Å². The Hall–Kier alpha value is -1.61. The lowest BCUT2D eigenvalue weighted by atomic mass is 10.0. The molecule has 1 atom stereocenters. The van der Waals surface area contributed by atoms with Gasteiger partial charge in [-0.05, 0) is 11.5 Å². The summed E-state index contributed by atoms with van der Waals surface area (Å²) in [6.07, 6.45) is 4.60. The van der Waals surface area contributed by atoms with Gasteiger partial charge in [0.1, 0.15) is 0 Å². The number of imidazole rings is 1. The molecule has 3 heteroatoms. The normalized spacial score (nSPS) is 12.5. The first kappa shape index (κ1) is 11.9. The fourth-order valence-corrected chi connectivity index (χ4v) is 1.86. The summed E-state index contributed by atoms with van der Waals surface area (Å²) in [5, 5.41) is 3.47. The van der Waals surface area contributed by atoms with E-state index >= 15 is 0 Å². The van der Waals surface area contributed by atoms with E-state index < -0.39 is 0 Å². The van der Waals surface area contributed by atoms with E-state index in [4.69, 9.17) is 0 Å². The van der Waals surface area contributed by atoms with Gasteiger partial charge in [0, 0.05) is 31.4 Å². The van der Waals surface area contributed by atoms with E-state index in [9.17, 15) is 0 Å². The molecule has 0 fully saturated rings. The third-order valence-corrected chi connectivity index (χ3v) is 2.95. The Kier molecular flexibility index (Phi) is 4.33. The molecule has 0 aliphatic carbocycles. The largest absolute Gasteiger partial charge is 0.348 e. The number of nitrogens with one attached hydrogen (secondary N) is 2. The molecule has 1 aromatic heterocycles. The molecule has 0 saturated heterocycles. The molecule has 0 aliphatic heterocycles. The van der Waals surface area contributed by atoms with Gasteiger partial charge in [0.15, 0.2) is 0 Å². The van der Waals surface area contributed by atoms with Crippen molar-refractivity contribution in [2.24, 2.45) is 0 Å². The predicted molar refractivity (Wildman–Crippen MR) is 70.0 cm³/mol. The van der Waals surface area contributed by atoms with Crippen molar-refractivity contribution in [1.29, 1.82) is 0 Å². The molecule has 0 bridgehead atoms. The molecular formula is C14H19N3. The zero-order chi connectivity index (χ0) is 11.9. The van der Waals surface area contributed by atoms with E-state index in [1.165, 1.54) is 11.3 Å². The average molecular weight is 229 g/mol. The van der Waals surface area contributed by atoms with Crippen LogP contribution < -0.4 is 5.32 Å². The van der Waals surface area contributed by atoms with Gasteiger partial charge in [-0.3, -0.25) is 0 Å². The summed E-state index contributed by atoms with van der Waals surface area (Å²) in [6.45, 7) is 4.25. The van der Waals surface area contributed by atoms with Crippen LogP contribution in [0.5, 0.6) is 0 Å². The minimum absolute atomic E-state index is 0.554. The summed E-state index contributed by atoms with van der Waals surface area (Å²) in [5.74, 6) is 0.554. The van der Waals surface area contributed by atoms with E-state index in [0.717, 1.165) is 19.5 Å². The van der Waals surface area contributed by atoms with Crippen molar-refractivity contribution in [2.75, 3.05) is 13.1 Å². The second-order valence-electron chi connectivity index (χ2n) is 4.34. The molecule has 0 saturated carbocycles. The molecule has 0 aliphatic rings. The number of hydrogen-bond acceptors (Lipinski definition) is 2. The molecule has 90 valence electrons. The third kappa shape index (κ3) is 3.71. The van der Waals surface area contributed by atoms with Crippen molar-refractivity contribution >= 4 is 0 Å². The molecule has 0 spiro atoms. The number of benzene rings is 1. The van der Waals surface area contributed by atoms with Crippen molar-refractivity contribution in [3.63, 3.8) is 0 Å². The van der Waals surface area contributed by atoms with Crippen LogP contribution in [-0.4, -0.2) is 23.1 Å². The van der Waals surface area contributed by atoms with Crippen molar-refractivity contribution in [1.82, 2.24) is 15.3 Å². The molecule has 1 aromatic carbocycles. The summed E-state index contributed by atoms with van der Waals surface area (Å²) < 4.78 is 0. The van der Waals surface area contributed by atoms with Crippen LogP contribution in [0.3, 0.4) is 0 Å². The first-order valence-electron chi connectivity index (χ1n) is 6.09. The standard InChI is InChI=1S/C14H19N3/c1-12(13-5-3-2-4-6-13)9-15-8-7-14-10-16-11-17-14/h2-6,10-12,15H,7-9H2,1H3,(H,16,17). The number of hydrogen-bond donors (Lipinski definition) is 2. The molecule has 2 aromatic rings. The number of H-pyrrole nitrogens is 1. The molecule has 0 radical (unpaired) electrons. The van der Waals surface area contributed by atoms with Crippen LogP contribution in [0.25, 0.3) is 0 Å². The van der Waals surface area contributed by atoms with Gasteiger partial charge in [-0.2, -0.15) is 0 Å². The smallest absolute Gasteiger partial charge is 0.0921 e. The second-order valence-corrected chi connectivity index (χ2v) is 4.34. The Bertz CT molecular complexity index is 408. The predicted octanol–water partition coefficient (Wildman–Crippen LogP) is 2.35. The van der Waals surface area contributed by atoms with Gasteiger partial charge < -0.3 is 10.3 Å². The van der Waals surface area contributed by atoms with Gasteiger partial charge in [0.25, 0.3) is 0 Å². The second kappa shape index (κ2) is 6.21. The van der Waals surface area contributed by atoms with Crippen LogP contribution >= 0.6 is 0 Å². The zero-order valence-electron chi connectivity index (χ0n) is 10.2. The van der Waals surface area contributed by atoms with Crippen LogP contribution in [0.4, 0.5) is 0 Å². The van der Waals surface area contributed by atoms with Gasteiger partial charge in [-0.1, -0.05) is 37.3 Å². The molecule has 1 unspecified atom stereocenters. The zero-order valence-corrected chi connectivity index (χ0v) is 10.2. The summed E-state index contributed by atoms with van der Waals surface area (Å²) in [7, 11) is 0. The summed E-state index contributed by atoms with van der Waals surface area (Å²) >= 11 is 0. The third-order valence-electron chi connectivity index (χ3n) is 2.95. The fourth-order valence-electron chi connectivity index (χ4n) is 1.86. The Labute approximate surface area is 102 Å². The first-order chi connectivity index (χ1) is 8.36. The summed E-state index contributed by atoms with van der Waals surface area (Å²) in [4.78, 5) is 7.11. The van der Waals surface area contributed by atoms with Crippen LogP contribution in [0.15, 0.2) is 42.9 Å². The van der Waals surface area contributed by atoms with Gasteiger partial charge in [-0.15, -0.1) is 0 Å². The van der Waals surface area contributed by atoms with Crippen LogP contribution in [0.2, 0.25) is 0 Å². The molecule has 2 N–H and O–H groups in total. The Morgan fingerprint density at radius 3 is 2.82 bits per heavy atom.